The van der Waals surface area contributed by atoms with Gasteiger partial charge in [-0.2, -0.15) is 0 Å². The molecule has 0 aliphatic carbocycles. The van der Waals surface area contributed by atoms with Gasteiger partial charge in [0.25, 0.3) is 20.0 Å². The number of carbonyl (C=O) groups excluding carboxylic acids is 2. The van der Waals surface area contributed by atoms with E-state index < -0.39 is 20.0 Å². The highest BCUT2D eigenvalue weighted by Crippen LogP contribution is 2.40. The summed E-state index contributed by atoms with van der Waals surface area (Å²) in [7, 11) is -0.485. The minimum atomic E-state index is -4.00. The van der Waals surface area contributed by atoms with Crippen LogP contribution in [0.3, 0.4) is 0 Å². The Morgan fingerprint density at radius 1 is 0.455 bits per heavy atom. The van der Waals surface area contributed by atoms with Gasteiger partial charge in [0.1, 0.15) is 40.4 Å². The molecule has 0 spiro atoms. The fourth-order valence-corrected chi connectivity index (χ4v) is 11.6. The number of benzene rings is 8. The summed E-state index contributed by atoms with van der Waals surface area (Å²) in [5.74, 6) is 3.39. The molecule has 0 aliphatic rings. The van der Waals surface area contributed by atoms with Gasteiger partial charge in [-0.25, -0.2) is 26.8 Å². The van der Waals surface area contributed by atoms with Gasteiger partial charge < -0.3 is 33.2 Å². The smallest absolute Gasteiger partial charge is 0.305 e. The zero-order valence-electron chi connectivity index (χ0n) is 48.6. The number of rotatable bonds is 25. The number of unbranched alkanes of at least 4 members (excludes halogenated alkanes) is 2. The van der Waals surface area contributed by atoms with Crippen LogP contribution in [0.2, 0.25) is 10.0 Å². The van der Waals surface area contributed by atoms with Crippen molar-refractivity contribution in [1.82, 2.24) is 19.1 Å². The fraction of sp³-hybridized carbons (Fsp3) is 0.200. The summed E-state index contributed by atoms with van der Waals surface area (Å²) in [5.41, 5.74) is 6.24. The van der Waals surface area contributed by atoms with Gasteiger partial charge in [0.05, 0.1) is 92.0 Å². The highest BCUT2D eigenvalue weighted by Gasteiger charge is 2.25. The molecule has 88 heavy (non-hydrogen) atoms. The monoisotopic (exact) mass is 1270 g/mol. The van der Waals surface area contributed by atoms with E-state index in [1.165, 1.54) is 62.8 Å². The van der Waals surface area contributed by atoms with Crippen molar-refractivity contribution in [2.45, 2.75) is 48.3 Å². The molecule has 10 aromatic rings. The van der Waals surface area contributed by atoms with Crippen LogP contribution >= 0.6 is 23.2 Å². The van der Waals surface area contributed by atoms with Crippen molar-refractivity contribution in [3.8, 4) is 62.9 Å². The maximum Gasteiger partial charge on any atom is 0.305 e. The summed E-state index contributed by atoms with van der Waals surface area (Å²) < 4.78 is 101. The van der Waals surface area contributed by atoms with E-state index in [2.05, 4.69) is 9.44 Å². The molecule has 0 bridgehead atoms. The first-order valence-corrected chi connectivity index (χ1v) is 31.3. The molecule has 23 heteroatoms. The number of nitrogens with zero attached hydrogens (tertiary/aromatic N) is 4. The van der Waals surface area contributed by atoms with Crippen LogP contribution in [0.4, 0.5) is 11.4 Å². The van der Waals surface area contributed by atoms with Crippen LogP contribution in [0.5, 0.6) is 28.7 Å². The molecule has 2 aromatic heterocycles. The van der Waals surface area contributed by atoms with E-state index in [9.17, 15) is 26.4 Å². The first kappa shape index (κ1) is 63.2. The molecular formula is C65H62Cl2N6O13S2. The lowest BCUT2D eigenvalue weighted by molar-refractivity contribution is -0.141. The van der Waals surface area contributed by atoms with Gasteiger partial charge in [-0.3, -0.25) is 28.2 Å². The second-order valence-electron chi connectivity index (χ2n) is 19.6. The number of hydrogen-bond donors (Lipinski definition) is 2. The lowest BCUT2D eigenvalue weighted by Gasteiger charge is -2.15. The third-order valence-corrected chi connectivity index (χ3v) is 17.1. The number of fused-ring (bicyclic) bond motifs is 2. The number of carbonyl (C=O) groups is 2. The topological polar surface area (TPSA) is 227 Å². The molecule has 0 saturated heterocycles. The van der Waals surface area contributed by atoms with E-state index in [1.54, 1.807) is 45.6 Å². The van der Waals surface area contributed by atoms with Gasteiger partial charge in [0.2, 0.25) is 0 Å². The third kappa shape index (κ3) is 15.5. The van der Waals surface area contributed by atoms with Crippen molar-refractivity contribution in [1.29, 1.82) is 0 Å². The Hall–Kier alpha value is -9.28. The SMILES string of the molecule is COC(=O)CCCCCOc1cc2c(cc1NS(=O)(=O)c1ccc(Cl)cc1)nc(-c1ccc(OC)cc1)n2-c1ccc(OC)cc1.COC(=O)CCCOc1cc2c(cc1NS(=O)(=O)c1ccc(Cl)cc1)nc(-c1ccccc1)n2-c1ccc(OC)cc1. The van der Waals surface area contributed by atoms with E-state index in [4.69, 9.17) is 66.3 Å². The Bertz CT molecular complexity index is 4270. The minimum absolute atomic E-state index is 0.0392. The van der Waals surface area contributed by atoms with Gasteiger partial charge >= 0.3 is 11.9 Å². The van der Waals surface area contributed by atoms with E-state index >= 15 is 0 Å². The summed E-state index contributed by atoms with van der Waals surface area (Å²) in [6.07, 6.45) is 2.89. The average Bonchev–Trinajstić information content (AvgIpc) is 2.11. The Balaban J connectivity index is 0.000000210. The Morgan fingerprint density at radius 2 is 0.841 bits per heavy atom. The lowest BCUT2D eigenvalue weighted by Crippen LogP contribution is -2.14. The molecule has 10 rings (SSSR count). The second kappa shape index (κ2) is 28.9. The van der Waals surface area contributed by atoms with Crippen molar-refractivity contribution in [2.24, 2.45) is 0 Å². The standard InChI is InChI=1S/C34H34ClN3O7S.C31H28ClN3O6S/c1-42-26-14-8-23(9-15-26)34-36-29-21-30(37-46(40,41)28-18-10-24(35)11-19-28)32(45-20-6-4-5-7-33(39)44-3)22-31(29)38(34)25-12-16-27(43-2)17-13-25;1-39-24-14-12-23(13-15-24)35-28-20-29(41-18-6-9-30(36)40-2)27(34-42(37,38)25-16-10-22(32)11-17-25)19-26(28)33-31(35)21-7-4-3-5-8-21/h8-19,21-22,37H,4-7,20H2,1-3H3;3-5,7-8,10-17,19-20,34H,6,9,18H2,1-2H3. The van der Waals surface area contributed by atoms with Crippen LogP contribution in [-0.2, 0) is 39.1 Å². The van der Waals surface area contributed by atoms with Gasteiger partial charge in [-0.1, -0.05) is 53.5 Å². The molecule has 0 radical (unpaired) electrons. The molecule has 2 N–H and O–H groups in total. The number of imidazole rings is 2. The lowest BCUT2D eigenvalue weighted by atomic mass is 10.2. The largest absolute Gasteiger partial charge is 0.497 e. The molecule has 0 fully saturated rings. The van der Waals surface area contributed by atoms with Crippen LogP contribution in [0.1, 0.15) is 38.5 Å². The number of hydrogen-bond acceptors (Lipinski definition) is 15. The van der Waals surface area contributed by atoms with Crippen molar-refractivity contribution in [2.75, 3.05) is 58.2 Å². The predicted molar refractivity (Wildman–Crippen MR) is 340 cm³/mol. The molecule has 456 valence electrons. The predicted octanol–water partition coefficient (Wildman–Crippen LogP) is 13.8. The molecule has 8 aromatic carbocycles. The van der Waals surface area contributed by atoms with Crippen LogP contribution in [0, 0.1) is 0 Å². The summed E-state index contributed by atoms with van der Waals surface area (Å²) in [6, 6.07) is 50.9. The highest BCUT2D eigenvalue weighted by molar-refractivity contribution is 7.93. The number of aromatic nitrogens is 4. The highest BCUT2D eigenvalue weighted by atomic mass is 35.5. The molecule has 0 aliphatic heterocycles. The maximum atomic E-state index is 13.4. The molecule has 19 nitrogen and oxygen atoms in total. The van der Waals surface area contributed by atoms with Gasteiger partial charge in [-0.15, -0.1) is 0 Å². The number of nitrogens with one attached hydrogen (secondary N) is 2. The zero-order chi connectivity index (χ0) is 62.4. The summed E-state index contributed by atoms with van der Waals surface area (Å²) >= 11 is 12.0. The summed E-state index contributed by atoms with van der Waals surface area (Å²) in [6.45, 7) is 0.447. The van der Waals surface area contributed by atoms with Crippen LogP contribution in [0.15, 0.2) is 186 Å². The van der Waals surface area contributed by atoms with E-state index in [-0.39, 0.29) is 51.9 Å². The summed E-state index contributed by atoms with van der Waals surface area (Å²) in [5, 5.41) is 0.842. The third-order valence-electron chi connectivity index (χ3n) is 13.8. The number of ether oxygens (including phenoxy) is 7. The van der Waals surface area contributed by atoms with E-state index in [0.29, 0.717) is 99.0 Å². The fourth-order valence-electron chi connectivity index (χ4n) is 9.28. The van der Waals surface area contributed by atoms with Crippen LogP contribution < -0.4 is 33.1 Å². The van der Waals surface area contributed by atoms with Gasteiger partial charge in [-0.05, 0) is 159 Å². The molecule has 0 unspecified atom stereocenters. The Morgan fingerprint density at radius 3 is 1.25 bits per heavy atom. The molecule has 0 saturated carbocycles. The quantitative estimate of drug-likeness (QED) is 0.0401. The van der Waals surface area contributed by atoms with Gasteiger partial charge in [0.15, 0.2) is 0 Å². The molecule has 0 atom stereocenters. The molecular weight excluding hydrogens is 1210 g/mol. The molecule has 0 amide bonds. The van der Waals surface area contributed by atoms with E-state index in [0.717, 1.165) is 28.9 Å². The van der Waals surface area contributed by atoms with Crippen molar-refractivity contribution < 1.29 is 59.6 Å². The van der Waals surface area contributed by atoms with Crippen LogP contribution in [-0.4, -0.2) is 96.6 Å². The van der Waals surface area contributed by atoms with Crippen molar-refractivity contribution in [3.63, 3.8) is 0 Å². The first-order chi connectivity index (χ1) is 42.5. The average molecular weight is 1270 g/mol. The van der Waals surface area contributed by atoms with E-state index in [1.807, 2.05) is 112 Å². The minimum Gasteiger partial charge on any atom is -0.497 e. The number of sulfonamides is 2. The second-order valence-corrected chi connectivity index (χ2v) is 23.8. The van der Waals surface area contributed by atoms with Crippen molar-refractivity contribution >= 4 is 88.6 Å². The zero-order valence-corrected chi connectivity index (χ0v) is 51.7. The molecule has 2 heterocycles. The normalized spacial score (nSPS) is 11.3. The van der Waals surface area contributed by atoms with Crippen LogP contribution in [0.25, 0.3) is 56.2 Å². The number of esters is 2. The maximum absolute atomic E-state index is 13.4. The number of anilines is 2. The summed E-state index contributed by atoms with van der Waals surface area (Å²) in [4.78, 5) is 33.1. The Labute approximate surface area is 519 Å². The first-order valence-electron chi connectivity index (χ1n) is 27.6. The van der Waals surface area contributed by atoms with Crippen molar-refractivity contribution in [3.05, 3.63) is 186 Å². The van der Waals surface area contributed by atoms with Gasteiger partial charge in [0, 0.05) is 57.5 Å². The number of methoxy groups -OCH3 is 5. The Kier molecular flexibility index (Phi) is 20.8. The number of halogens is 2.